The fraction of sp³-hybridized carbons (Fsp3) is 0.298. The maximum absolute atomic E-state index is 13.5. The van der Waals surface area contributed by atoms with E-state index in [9.17, 15) is 19.2 Å². The summed E-state index contributed by atoms with van der Waals surface area (Å²) in [7, 11) is 0. The van der Waals surface area contributed by atoms with Gasteiger partial charge in [-0.1, -0.05) is 164 Å². The third kappa shape index (κ3) is 27.5. The highest BCUT2D eigenvalue weighted by Gasteiger charge is 2.25. The molecule has 6 heterocycles. The van der Waals surface area contributed by atoms with E-state index >= 15 is 0 Å². The minimum atomic E-state index is -0.585. The van der Waals surface area contributed by atoms with Gasteiger partial charge in [-0.25, -0.2) is 48.5 Å². The fourth-order valence-corrected chi connectivity index (χ4v) is 11.9. The number of carbonyl (C=O) groups is 4. The second-order valence-corrected chi connectivity index (χ2v) is 32.6. The molecule has 0 saturated carbocycles. The molecule has 7 aromatic carbocycles. The summed E-state index contributed by atoms with van der Waals surface area (Å²) in [6.45, 7) is 38.6. The minimum absolute atomic E-state index is 0.143. The molecule has 9 N–H and O–H groups in total. The highest BCUT2D eigenvalue weighted by Crippen LogP contribution is 2.35. The largest absolute Gasteiger partial charge is 0.488 e. The van der Waals surface area contributed by atoms with Crippen LogP contribution < -0.4 is 57.2 Å². The number of benzene rings is 7. The number of nitrogens with zero attached hydrogens (tertiary/aromatic N) is 11. The Morgan fingerprint density at radius 1 is 0.426 bits per heavy atom. The fourth-order valence-electron chi connectivity index (χ4n) is 11.9. The summed E-state index contributed by atoms with van der Waals surface area (Å²) >= 11 is 0. The first-order chi connectivity index (χ1) is 58.1. The average Bonchev–Trinajstić information content (AvgIpc) is 1.54. The Labute approximate surface area is 713 Å². The first-order valence-electron chi connectivity index (χ1n) is 40.4. The number of carbonyl (C=O) groups excluding carboxylic acids is 4. The van der Waals surface area contributed by atoms with Crippen LogP contribution in [0.15, 0.2) is 225 Å². The van der Waals surface area contributed by atoms with Crippen LogP contribution in [-0.2, 0) is 46.6 Å². The Morgan fingerprint density at radius 3 is 1.28 bits per heavy atom. The zero-order chi connectivity index (χ0) is 87.7. The highest BCUT2D eigenvalue weighted by molar-refractivity contribution is 6.07. The van der Waals surface area contributed by atoms with E-state index < -0.39 is 35.5 Å². The van der Waals surface area contributed by atoms with Crippen LogP contribution in [0.4, 0.5) is 65.5 Å². The number of fused-ring (bicyclic) bond motifs is 2. The van der Waals surface area contributed by atoms with Crippen molar-refractivity contribution in [3.8, 4) is 28.6 Å². The number of pyridine rings is 2. The first-order valence-corrected chi connectivity index (χ1v) is 40.4. The number of urea groups is 1. The topological polar surface area (TPSA) is 341 Å². The molecule has 122 heavy (non-hydrogen) atoms. The highest BCUT2D eigenvalue weighted by atomic mass is 16.6. The normalized spacial score (nSPS) is 11.3. The van der Waals surface area contributed by atoms with Crippen molar-refractivity contribution in [3.63, 3.8) is 0 Å². The molecule has 0 radical (unpaired) electrons. The molecule has 0 aliphatic heterocycles. The van der Waals surface area contributed by atoms with Crippen molar-refractivity contribution >= 4 is 92.1 Å². The number of ether oxygens (including phenoxy) is 5. The third-order valence-corrected chi connectivity index (χ3v) is 18.3. The van der Waals surface area contributed by atoms with E-state index in [0.717, 1.165) is 78.0 Å². The molecule has 0 fully saturated rings. The number of aryl methyl sites for hydroxylation is 2. The molecule has 13 aromatic rings. The lowest BCUT2D eigenvalue weighted by Crippen LogP contribution is -2.32. The van der Waals surface area contributed by atoms with Crippen LogP contribution >= 0.6 is 0 Å². The van der Waals surface area contributed by atoms with Gasteiger partial charge < -0.3 is 60.9 Å². The summed E-state index contributed by atoms with van der Waals surface area (Å²) in [6, 6.07) is 58.9. The van der Waals surface area contributed by atoms with Gasteiger partial charge in [-0.05, 0) is 171 Å². The summed E-state index contributed by atoms with van der Waals surface area (Å²) in [6.07, 6.45) is 8.12. The number of anilines is 8. The molecule has 13 rings (SSSR count). The number of amides is 5. The summed E-state index contributed by atoms with van der Waals surface area (Å²) in [4.78, 5) is 78.0. The van der Waals surface area contributed by atoms with Crippen molar-refractivity contribution < 1.29 is 42.9 Å². The third-order valence-electron chi connectivity index (χ3n) is 18.3. The number of nitrogens with two attached hydrogens (primary N) is 1. The summed E-state index contributed by atoms with van der Waals surface area (Å²) in [5.41, 5.74) is 14.7. The zero-order valence-electron chi connectivity index (χ0n) is 72.5. The van der Waals surface area contributed by atoms with E-state index in [4.69, 9.17) is 34.5 Å². The number of rotatable bonds is 23. The van der Waals surface area contributed by atoms with Gasteiger partial charge >= 0.3 is 24.3 Å². The molecule has 6 aromatic heterocycles. The molecule has 0 atom stereocenters. The molecular weight excluding hydrogens is 1540 g/mol. The molecule has 0 unspecified atom stereocenters. The molecule has 28 nitrogen and oxygen atoms in total. The van der Waals surface area contributed by atoms with Crippen molar-refractivity contribution in [2.75, 3.05) is 52.0 Å². The van der Waals surface area contributed by atoms with Gasteiger partial charge in [-0.3, -0.25) is 20.6 Å². The van der Waals surface area contributed by atoms with Crippen LogP contribution in [-0.4, -0.2) is 110 Å². The minimum Gasteiger partial charge on any atom is -0.488 e. The number of para-hydroxylation sites is 1. The van der Waals surface area contributed by atoms with Gasteiger partial charge in [0.2, 0.25) is 0 Å². The summed E-state index contributed by atoms with van der Waals surface area (Å²) in [5.74, 6) is 5.26. The summed E-state index contributed by atoms with van der Waals surface area (Å²) < 4.78 is 31.7. The van der Waals surface area contributed by atoms with Crippen LogP contribution in [0, 0.1) is 13.8 Å². The lowest BCUT2D eigenvalue weighted by molar-refractivity contribution is 0.0511. The predicted molar refractivity (Wildman–Crippen MR) is 482 cm³/mol. The second kappa shape index (κ2) is 41.6. The molecule has 0 spiro atoms. The quantitative estimate of drug-likeness (QED) is 0.0276. The number of aromatic nitrogens is 10. The monoisotopic (exact) mass is 1650 g/mol. The molecule has 0 aliphatic rings. The van der Waals surface area contributed by atoms with Crippen molar-refractivity contribution in [3.05, 3.63) is 270 Å². The van der Waals surface area contributed by atoms with Crippen molar-refractivity contribution in [1.82, 2.24) is 65.0 Å². The molecule has 0 aliphatic carbocycles. The van der Waals surface area contributed by atoms with E-state index in [0.29, 0.717) is 70.1 Å². The lowest BCUT2D eigenvalue weighted by Gasteiger charge is -2.19. The van der Waals surface area contributed by atoms with Crippen LogP contribution in [0.1, 0.15) is 149 Å². The van der Waals surface area contributed by atoms with Crippen LogP contribution in [0.2, 0.25) is 0 Å². The number of hydrogen-bond acceptors (Lipinski definition) is 21. The SMILES string of the molecule is CC(C)(C)OC(=O)NCc1cnc(Nc2cc(COc3ccc(N)c4ccccc34)ccn2)cn1.CCN(CC)CC.Cc1ccc(-n2nc(C(C)(C)C)cc2NC(=O)Nc2ccc(OCc3ccnc(Nc4cnc(CNC(=O)OC(C)(C)C)cn4)c3)c3ccccc23)cc1.Cc1ccc(-n2nc(C(C)(C)C)cc2NC(=O)Oc2ccccc2)cc1. The molecule has 0 bridgehead atoms. The Balaban J connectivity index is 0.000000196. The van der Waals surface area contributed by atoms with Crippen molar-refractivity contribution in [2.45, 2.75) is 166 Å². The van der Waals surface area contributed by atoms with Gasteiger partial charge in [0.05, 0.1) is 77.7 Å². The Morgan fingerprint density at radius 2 is 0.852 bits per heavy atom. The maximum Gasteiger partial charge on any atom is 0.418 e. The molecule has 636 valence electrons. The standard InChI is InChI=1S/C41H45N9O4.C26H28N6O3.C21H23N3O2.C6H15N/c1-26-12-14-29(15-13-26)50-37(21-34(49-50)40(2,3)4)48-38(51)46-32-16-17-33(31-11-9-8-10-30(31)32)53-25-27-18-19-42-35(20-27)47-36-24-43-28(22-44-36)23-45-39(52)54-41(5,6)7;1-26(2,3)35-25(33)31-14-18-13-30-24(15-29-18)32-23-12-17(10-11-28-23)16-34-22-9-8-21(27)19-6-4-5-7-20(19)22;1-15-10-12-16(13-11-15)24-19(14-18(23-24)21(2,3)4)22-20(25)26-17-8-6-5-7-9-17;1-4-7(5-2)6-3/h8-22,24H,23,25H2,1-7H3,(H,45,52)(H,42,44,47)(H2,46,48,51);4-13,15H,14,16,27H2,1-3H3,(H,31,33)(H,28,30,32);5-14H,1-4H3,(H,22,25);4-6H2,1-3H3. The smallest absolute Gasteiger partial charge is 0.418 e. The second-order valence-electron chi connectivity index (χ2n) is 32.6. The Kier molecular flexibility index (Phi) is 30.8. The lowest BCUT2D eigenvalue weighted by atomic mass is 9.92. The zero-order valence-corrected chi connectivity index (χ0v) is 72.5. The van der Waals surface area contributed by atoms with E-state index in [2.05, 4.69) is 139 Å². The molecular formula is C94H111N19O9. The van der Waals surface area contributed by atoms with Crippen LogP contribution in [0.25, 0.3) is 32.9 Å². The van der Waals surface area contributed by atoms with Gasteiger partial charge in [-0.2, -0.15) is 10.2 Å². The van der Waals surface area contributed by atoms with Crippen molar-refractivity contribution in [1.29, 1.82) is 0 Å². The van der Waals surface area contributed by atoms with Gasteiger partial charge in [0.15, 0.2) is 0 Å². The molecule has 5 amide bonds. The number of nitrogen functional groups attached to an aromatic ring is 1. The van der Waals surface area contributed by atoms with E-state index in [1.54, 1.807) is 79.4 Å². The van der Waals surface area contributed by atoms with E-state index in [1.807, 2.05) is 211 Å². The van der Waals surface area contributed by atoms with Crippen molar-refractivity contribution in [2.24, 2.45) is 0 Å². The van der Waals surface area contributed by atoms with Gasteiger partial charge in [0.25, 0.3) is 0 Å². The Bertz CT molecular complexity index is 5610. The van der Waals surface area contributed by atoms with E-state index in [-0.39, 0.29) is 30.5 Å². The number of nitrogens with one attached hydrogen (secondary N) is 7. The van der Waals surface area contributed by atoms with Crippen LogP contribution in [0.3, 0.4) is 0 Å². The maximum atomic E-state index is 13.5. The van der Waals surface area contributed by atoms with Gasteiger partial charge in [0, 0.05) is 62.6 Å². The van der Waals surface area contributed by atoms with Gasteiger partial charge in [0.1, 0.15) is 76.6 Å². The Hall–Kier alpha value is -14.0. The average molecular weight is 1650 g/mol. The van der Waals surface area contributed by atoms with E-state index in [1.165, 1.54) is 19.6 Å². The predicted octanol–water partition coefficient (Wildman–Crippen LogP) is 20.2. The molecule has 28 heteroatoms. The summed E-state index contributed by atoms with van der Waals surface area (Å²) in [5, 5.41) is 33.6. The van der Waals surface area contributed by atoms with Gasteiger partial charge in [-0.15, -0.1) is 0 Å². The first kappa shape index (κ1) is 90.3. The number of alkyl carbamates (subject to hydrolysis) is 2. The number of hydrogen-bond donors (Lipinski definition) is 8. The molecule has 0 saturated heterocycles. The van der Waals surface area contributed by atoms with Crippen LogP contribution in [0.5, 0.6) is 17.2 Å².